The van der Waals surface area contributed by atoms with Gasteiger partial charge in [-0.15, -0.1) is 0 Å². The summed E-state index contributed by atoms with van der Waals surface area (Å²) in [5, 5.41) is 8.42. The fraction of sp³-hybridized carbons (Fsp3) is 0.800. The Morgan fingerprint density at radius 1 is 1.75 bits per heavy atom. The summed E-state index contributed by atoms with van der Waals surface area (Å²) in [6.45, 7) is 3.42. The monoisotopic (exact) mass is 115 g/mol. The summed E-state index contributed by atoms with van der Waals surface area (Å²) in [7, 11) is 0. The fourth-order valence-electron chi connectivity index (χ4n) is 0.693. The highest BCUT2D eigenvalue weighted by Gasteiger charge is 2.54. The molecule has 1 amide bonds. The van der Waals surface area contributed by atoms with E-state index < -0.39 is 0 Å². The van der Waals surface area contributed by atoms with Crippen molar-refractivity contribution < 1.29 is 9.90 Å². The molecule has 8 heavy (non-hydrogen) atoms. The first kappa shape index (κ1) is 5.56. The van der Waals surface area contributed by atoms with Gasteiger partial charge in [0, 0.05) is 0 Å². The highest BCUT2D eigenvalue weighted by atomic mass is 16.3. The number of carbonyl (C=O) groups is 1. The van der Waals surface area contributed by atoms with E-state index in [2.05, 4.69) is 0 Å². The highest BCUT2D eigenvalue weighted by molar-refractivity contribution is 6.00. The van der Waals surface area contributed by atoms with Crippen LogP contribution in [0.1, 0.15) is 13.8 Å². The van der Waals surface area contributed by atoms with Crippen LogP contribution in [0.2, 0.25) is 0 Å². The molecule has 0 unspecified atom stereocenters. The van der Waals surface area contributed by atoms with E-state index in [4.69, 9.17) is 5.11 Å². The van der Waals surface area contributed by atoms with Crippen molar-refractivity contribution in [3.05, 3.63) is 0 Å². The summed E-state index contributed by atoms with van der Waals surface area (Å²) >= 11 is 0. The van der Waals surface area contributed by atoms with Gasteiger partial charge in [-0.3, -0.25) is 4.79 Å². The van der Waals surface area contributed by atoms with Gasteiger partial charge < -0.3 is 10.0 Å². The molecule has 0 aromatic heterocycles. The summed E-state index contributed by atoms with van der Waals surface area (Å²) in [6, 6.07) is 0. The van der Waals surface area contributed by atoms with Gasteiger partial charge in [-0.2, -0.15) is 0 Å². The van der Waals surface area contributed by atoms with Gasteiger partial charge in [-0.1, -0.05) is 0 Å². The van der Waals surface area contributed by atoms with Crippen LogP contribution < -0.4 is 0 Å². The average molecular weight is 115 g/mol. The Kier molecular flexibility index (Phi) is 0.854. The van der Waals surface area contributed by atoms with E-state index in [1.165, 1.54) is 4.90 Å². The van der Waals surface area contributed by atoms with E-state index in [0.29, 0.717) is 0 Å². The molecular weight excluding hydrogens is 106 g/mol. The van der Waals surface area contributed by atoms with Crippen molar-refractivity contribution in [1.29, 1.82) is 0 Å². The molecule has 1 N–H and O–H groups in total. The smallest absolute Gasteiger partial charge is 0.250 e. The van der Waals surface area contributed by atoms with E-state index in [1.54, 1.807) is 13.8 Å². The van der Waals surface area contributed by atoms with Crippen LogP contribution in [0, 0.1) is 0 Å². The van der Waals surface area contributed by atoms with E-state index in [1.807, 2.05) is 0 Å². The first-order valence-corrected chi connectivity index (χ1v) is 2.53. The Morgan fingerprint density at radius 2 is 2.12 bits per heavy atom. The molecule has 46 valence electrons. The van der Waals surface area contributed by atoms with Gasteiger partial charge >= 0.3 is 0 Å². The van der Waals surface area contributed by atoms with Crippen LogP contribution in [0.5, 0.6) is 0 Å². The third-order valence-electron chi connectivity index (χ3n) is 1.53. The zero-order chi connectivity index (χ0) is 6.36. The lowest BCUT2D eigenvalue weighted by atomic mass is 10.2. The number of amides is 1. The topological polar surface area (TPSA) is 40.3 Å². The average Bonchev–Trinajstić information content (AvgIpc) is 2.09. The Morgan fingerprint density at radius 3 is 2.12 bits per heavy atom. The molecule has 3 heteroatoms. The van der Waals surface area contributed by atoms with Gasteiger partial charge in [0.05, 0.1) is 0 Å². The first-order chi connectivity index (χ1) is 3.60. The molecule has 0 bridgehead atoms. The molecule has 1 aliphatic rings. The number of carbonyl (C=O) groups excluding carboxylic acids is 1. The van der Waals surface area contributed by atoms with Gasteiger partial charge in [0.1, 0.15) is 12.3 Å². The third-order valence-corrected chi connectivity index (χ3v) is 1.53. The van der Waals surface area contributed by atoms with Crippen LogP contribution in [0.15, 0.2) is 0 Å². The summed E-state index contributed by atoms with van der Waals surface area (Å²) in [5.74, 6) is 0.0278. The molecule has 0 atom stereocenters. The number of hydrogen-bond acceptors (Lipinski definition) is 2. The number of rotatable bonds is 1. The molecule has 0 aromatic rings. The predicted molar refractivity (Wildman–Crippen MR) is 28.0 cm³/mol. The number of aliphatic hydroxyl groups is 1. The SMILES string of the molecule is CC1(C)C(=O)N1CO. The van der Waals surface area contributed by atoms with Gasteiger partial charge in [-0.25, -0.2) is 0 Å². The molecular formula is C5H9NO2. The minimum absolute atomic E-state index is 0.0278. The van der Waals surface area contributed by atoms with E-state index in [-0.39, 0.29) is 18.2 Å². The van der Waals surface area contributed by atoms with Crippen LogP contribution in [0.3, 0.4) is 0 Å². The van der Waals surface area contributed by atoms with Crippen molar-refractivity contribution in [1.82, 2.24) is 4.90 Å². The maximum Gasteiger partial charge on any atom is 0.250 e. The molecule has 1 saturated heterocycles. The highest BCUT2D eigenvalue weighted by Crippen LogP contribution is 2.31. The molecule has 1 heterocycles. The molecule has 0 aromatic carbocycles. The second-order valence-corrected chi connectivity index (χ2v) is 2.43. The maximum atomic E-state index is 10.5. The molecule has 1 aliphatic heterocycles. The van der Waals surface area contributed by atoms with E-state index >= 15 is 0 Å². The number of hydrogen-bond donors (Lipinski definition) is 1. The normalized spacial score (nSPS) is 23.9. The molecule has 0 saturated carbocycles. The standard InChI is InChI=1S/C5H9NO2/c1-5(2)4(8)6(5)3-7/h7H,3H2,1-2H3. The van der Waals surface area contributed by atoms with Crippen molar-refractivity contribution in [2.45, 2.75) is 19.4 Å². The summed E-state index contributed by atoms with van der Waals surface area (Å²) in [5.41, 5.74) is -0.380. The number of nitrogens with zero attached hydrogens (tertiary/aromatic N) is 1. The summed E-state index contributed by atoms with van der Waals surface area (Å²) in [6.07, 6.45) is 0. The van der Waals surface area contributed by atoms with Crippen molar-refractivity contribution in [3.8, 4) is 0 Å². The molecule has 0 spiro atoms. The third kappa shape index (κ3) is 0.448. The second kappa shape index (κ2) is 1.23. The Bertz CT molecular complexity index is 130. The molecule has 0 aliphatic carbocycles. The van der Waals surface area contributed by atoms with Gasteiger partial charge in [-0.05, 0) is 13.8 Å². The van der Waals surface area contributed by atoms with Crippen LogP contribution >= 0.6 is 0 Å². The molecule has 3 nitrogen and oxygen atoms in total. The lowest BCUT2D eigenvalue weighted by molar-refractivity contribution is -0.115. The van der Waals surface area contributed by atoms with Crippen LogP contribution in [0.25, 0.3) is 0 Å². The quantitative estimate of drug-likeness (QED) is 0.470. The van der Waals surface area contributed by atoms with Crippen molar-refractivity contribution in [2.24, 2.45) is 0 Å². The van der Waals surface area contributed by atoms with Gasteiger partial charge in [0.15, 0.2) is 0 Å². The van der Waals surface area contributed by atoms with E-state index in [9.17, 15) is 4.79 Å². The largest absolute Gasteiger partial charge is 0.376 e. The Labute approximate surface area is 47.9 Å². The van der Waals surface area contributed by atoms with Crippen molar-refractivity contribution in [2.75, 3.05) is 6.73 Å². The maximum absolute atomic E-state index is 10.5. The molecule has 1 fully saturated rings. The van der Waals surface area contributed by atoms with Gasteiger partial charge in [0.25, 0.3) is 5.91 Å². The van der Waals surface area contributed by atoms with Gasteiger partial charge in [0.2, 0.25) is 0 Å². The van der Waals surface area contributed by atoms with Crippen molar-refractivity contribution in [3.63, 3.8) is 0 Å². The van der Waals surface area contributed by atoms with Crippen LogP contribution in [0.4, 0.5) is 0 Å². The van der Waals surface area contributed by atoms with Crippen LogP contribution in [-0.2, 0) is 4.79 Å². The van der Waals surface area contributed by atoms with Crippen molar-refractivity contribution >= 4 is 5.91 Å². The van der Waals surface area contributed by atoms with E-state index in [0.717, 1.165) is 0 Å². The Balaban J connectivity index is 2.58. The fourth-order valence-corrected chi connectivity index (χ4v) is 0.693. The number of aliphatic hydroxyl groups excluding tert-OH is 1. The molecule has 1 rings (SSSR count). The minimum atomic E-state index is -0.380. The zero-order valence-corrected chi connectivity index (χ0v) is 5.01. The molecule has 0 radical (unpaired) electrons. The first-order valence-electron chi connectivity index (χ1n) is 2.53. The van der Waals surface area contributed by atoms with Crippen LogP contribution in [-0.4, -0.2) is 28.2 Å². The predicted octanol–water partition coefficient (Wildman–Crippen LogP) is -0.443. The minimum Gasteiger partial charge on any atom is -0.376 e. The second-order valence-electron chi connectivity index (χ2n) is 2.43. The summed E-state index contributed by atoms with van der Waals surface area (Å²) in [4.78, 5) is 11.9. The lowest BCUT2D eigenvalue weighted by Crippen LogP contribution is -2.09. The summed E-state index contributed by atoms with van der Waals surface area (Å²) < 4.78 is 0. The Hall–Kier alpha value is -0.570. The zero-order valence-electron chi connectivity index (χ0n) is 5.01. The lowest BCUT2D eigenvalue weighted by Gasteiger charge is -1.96.